The van der Waals surface area contributed by atoms with E-state index >= 15 is 0 Å². The van der Waals surface area contributed by atoms with Gasteiger partial charge in [0.25, 0.3) is 5.78 Å². The summed E-state index contributed by atoms with van der Waals surface area (Å²) in [6.45, 7) is 5.98. The maximum absolute atomic E-state index is 13.5. The summed E-state index contributed by atoms with van der Waals surface area (Å²) >= 11 is 4.88. The quantitative estimate of drug-likeness (QED) is 0.169. The normalized spacial score (nSPS) is 20.5. The van der Waals surface area contributed by atoms with E-state index in [2.05, 4.69) is 15.9 Å². The minimum absolute atomic E-state index is 0.0437. The second kappa shape index (κ2) is 8.82. The Morgan fingerprint density at radius 1 is 1.14 bits per heavy atom. The Morgan fingerprint density at radius 3 is 2.73 bits per heavy atom. The first-order valence-electron chi connectivity index (χ1n) is 12.0. The molecule has 37 heavy (non-hydrogen) atoms. The van der Waals surface area contributed by atoms with E-state index in [-0.39, 0.29) is 17.4 Å². The molecule has 1 N–H and O–H groups in total. The average molecular weight is 575 g/mol. The first-order valence-corrected chi connectivity index (χ1v) is 13.6. The van der Waals surface area contributed by atoms with Gasteiger partial charge in [0.1, 0.15) is 17.6 Å². The number of thiazole rings is 1. The van der Waals surface area contributed by atoms with Crippen LogP contribution in [0.15, 0.2) is 64.6 Å². The minimum Gasteiger partial charge on any atom is -0.507 e. The summed E-state index contributed by atoms with van der Waals surface area (Å²) in [6.07, 6.45) is 0.760. The van der Waals surface area contributed by atoms with Crippen molar-refractivity contribution in [2.75, 3.05) is 4.90 Å². The molecule has 0 unspecified atom stereocenters. The third kappa shape index (κ3) is 3.95. The Morgan fingerprint density at radius 2 is 1.95 bits per heavy atom. The van der Waals surface area contributed by atoms with Crippen LogP contribution in [-0.4, -0.2) is 27.9 Å². The third-order valence-corrected chi connectivity index (χ3v) is 8.30. The number of benzene rings is 3. The summed E-state index contributed by atoms with van der Waals surface area (Å²) in [5.74, 6) is -0.882. The molecule has 1 saturated heterocycles. The van der Waals surface area contributed by atoms with E-state index in [0.29, 0.717) is 22.7 Å². The highest BCUT2D eigenvalue weighted by Gasteiger charge is 2.48. The predicted molar refractivity (Wildman–Crippen MR) is 148 cm³/mol. The lowest BCUT2D eigenvalue weighted by atomic mass is 9.94. The van der Waals surface area contributed by atoms with E-state index < -0.39 is 17.7 Å². The second-order valence-electron chi connectivity index (χ2n) is 9.60. The van der Waals surface area contributed by atoms with Gasteiger partial charge in [-0.25, -0.2) is 4.98 Å². The Kier molecular flexibility index (Phi) is 5.69. The Hall–Kier alpha value is -3.49. The molecule has 6 nitrogen and oxygen atoms in total. The van der Waals surface area contributed by atoms with Gasteiger partial charge in [-0.3, -0.25) is 14.5 Å². The summed E-state index contributed by atoms with van der Waals surface area (Å²) in [4.78, 5) is 33.3. The van der Waals surface area contributed by atoms with Crippen LogP contribution >= 0.6 is 27.3 Å². The number of aliphatic hydroxyl groups excluding tert-OH is 1. The molecule has 6 rings (SSSR count). The number of carbonyl (C=O) groups is 2. The molecular formula is C29H23BrN2O4S. The standard InChI is InChI=1S/C29H23BrN2O4S/c1-14-9-15(2)24-22(10-14)37-29(31-24)32-25(17-5-4-6-20(30)13-17)23(27(34)28(32)35)26(33)18-7-8-21-19(12-18)11-16(3)36-21/h4-10,12-13,16,25,33H,11H2,1-3H3/b26-23+/t16-,25-/m0/s1. The molecule has 1 amide bonds. The van der Waals surface area contributed by atoms with Crippen LogP contribution in [0, 0.1) is 13.8 Å². The Labute approximate surface area is 226 Å². The number of aryl methyl sites for hydroxylation is 2. The van der Waals surface area contributed by atoms with Crippen molar-refractivity contribution in [2.24, 2.45) is 0 Å². The van der Waals surface area contributed by atoms with Gasteiger partial charge < -0.3 is 9.84 Å². The molecule has 186 valence electrons. The number of carbonyl (C=O) groups excluding carboxylic acids is 2. The fourth-order valence-corrected chi connectivity index (χ4v) is 6.79. The van der Waals surface area contributed by atoms with E-state index in [0.717, 1.165) is 37.1 Å². The number of fused-ring (bicyclic) bond motifs is 2. The highest BCUT2D eigenvalue weighted by atomic mass is 79.9. The van der Waals surface area contributed by atoms with Gasteiger partial charge in [0.2, 0.25) is 0 Å². The number of Topliss-reactive ketones (excluding diaryl/α,β-unsaturated/α-hetero) is 1. The summed E-state index contributed by atoms with van der Waals surface area (Å²) in [5.41, 5.74) is 5.08. The smallest absolute Gasteiger partial charge is 0.301 e. The lowest BCUT2D eigenvalue weighted by molar-refractivity contribution is -0.132. The molecule has 2 aliphatic heterocycles. The van der Waals surface area contributed by atoms with E-state index in [9.17, 15) is 14.7 Å². The SMILES string of the molecule is Cc1cc(C)c2nc(N3C(=O)C(=O)/C(=C(/O)c4ccc5c(c4)C[C@H](C)O5)[C@@H]3c3cccc(Br)c3)sc2c1. The number of hydrogen-bond donors (Lipinski definition) is 1. The van der Waals surface area contributed by atoms with E-state index in [1.165, 1.54) is 16.2 Å². The number of aromatic nitrogens is 1. The third-order valence-electron chi connectivity index (χ3n) is 6.80. The molecule has 8 heteroatoms. The monoisotopic (exact) mass is 574 g/mol. The minimum atomic E-state index is -0.831. The van der Waals surface area contributed by atoms with E-state index in [1.807, 2.05) is 63.2 Å². The molecular weight excluding hydrogens is 552 g/mol. The topological polar surface area (TPSA) is 79.7 Å². The number of hydrogen-bond acceptors (Lipinski definition) is 6. The van der Waals surface area contributed by atoms with Crippen molar-refractivity contribution in [1.29, 1.82) is 0 Å². The maximum atomic E-state index is 13.5. The first-order chi connectivity index (χ1) is 17.7. The predicted octanol–water partition coefficient (Wildman–Crippen LogP) is 6.63. The van der Waals surface area contributed by atoms with Gasteiger partial charge in [0.15, 0.2) is 5.13 Å². The van der Waals surface area contributed by atoms with Crippen LogP contribution in [0.2, 0.25) is 0 Å². The molecule has 1 fully saturated rings. The number of amides is 1. The lowest BCUT2D eigenvalue weighted by Gasteiger charge is -2.23. The number of ether oxygens (including phenoxy) is 1. The maximum Gasteiger partial charge on any atom is 0.301 e. The van der Waals surface area contributed by atoms with Crippen molar-refractivity contribution < 1.29 is 19.4 Å². The summed E-state index contributed by atoms with van der Waals surface area (Å²) < 4.78 is 7.53. The molecule has 0 bridgehead atoms. The van der Waals surface area contributed by atoms with Gasteiger partial charge in [-0.05, 0) is 79.4 Å². The zero-order valence-electron chi connectivity index (χ0n) is 20.4. The van der Waals surface area contributed by atoms with Gasteiger partial charge in [0.05, 0.1) is 21.8 Å². The summed E-state index contributed by atoms with van der Waals surface area (Å²) in [7, 11) is 0. The number of anilines is 1. The highest BCUT2D eigenvalue weighted by Crippen LogP contribution is 2.45. The van der Waals surface area contributed by atoms with Crippen LogP contribution in [0.5, 0.6) is 5.75 Å². The van der Waals surface area contributed by atoms with Crippen molar-refractivity contribution in [1.82, 2.24) is 4.98 Å². The molecule has 2 aliphatic rings. The van der Waals surface area contributed by atoms with Gasteiger partial charge in [-0.2, -0.15) is 0 Å². The fourth-order valence-electron chi connectivity index (χ4n) is 5.21. The second-order valence-corrected chi connectivity index (χ2v) is 11.5. The van der Waals surface area contributed by atoms with Crippen molar-refractivity contribution >= 4 is 60.1 Å². The molecule has 3 aromatic carbocycles. The zero-order chi connectivity index (χ0) is 26.0. The molecule has 2 atom stereocenters. The number of aliphatic hydroxyl groups is 1. The van der Waals surface area contributed by atoms with Crippen LogP contribution in [-0.2, 0) is 16.0 Å². The Bertz CT molecular complexity index is 1660. The van der Waals surface area contributed by atoms with Crippen molar-refractivity contribution in [3.8, 4) is 5.75 Å². The average Bonchev–Trinajstić information content (AvgIpc) is 3.51. The molecule has 0 saturated carbocycles. The first kappa shape index (κ1) is 23.9. The largest absolute Gasteiger partial charge is 0.507 e. The van der Waals surface area contributed by atoms with Crippen molar-refractivity contribution in [3.63, 3.8) is 0 Å². The van der Waals surface area contributed by atoms with Gasteiger partial charge >= 0.3 is 5.91 Å². The van der Waals surface area contributed by atoms with Crippen LogP contribution in [0.3, 0.4) is 0 Å². The number of rotatable bonds is 3. The molecule has 3 heterocycles. The molecule has 4 aromatic rings. The highest BCUT2D eigenvalue weighted by molar-refractivity contribution is 9.10. The van der Waals surface area contributed by atoms with Gasteiger partial charge in [0, 0.05) is 16.5 Å². The number of nitrogens with zero attached hydrogens (tertiary/aromatic N) is 2. The Balaban J connectivity index is 1.55. The van der Waals surface area contributed by atoms with Gasteiger partial charge in [-0.15, -0.1) is 0 Å². The summed E-state index contributed by atoms with van der Waals surface area (Å²) in [5, 5.41) is 11.9. The molecule has 0 radical (unpaired) electrons. The molecule has 0 aliphatic carbocycles. The van der Waals surface area contributed by atoms with Crippen molar-refractivity contribution in [2.45, 2.75) is 39.3 Å². The number of halogens is 1. The lowest BCUT2D eigenvalue weighted by Crippen LogP contribution is -2.29. The van der Waals surface area contributed by atoms with Crippen molar-refractivity contribution in [3.05, 3.63) is 92.5 Å². The molecule has 1 aromatic heterocycles. The molecule has 0 spiro atoms. The van der Waals surface area contributed by atoms with Crippen LogP contribution in [0.4, 0.5) is 5.13 Å². The summed E-state index contributed by atoms with van der Waals surface area (Å²) in [6, 6.07) is 16.0. The zero-order valence-corrected chi connectivity index (χ0v) is 22.8. The number of ketones is 1. The van der Waals surface area contributed by atoms with E-state index in [1.54, 1.807) is 12.1 Å². The van der Waals surface area contributed by atoms with Crippen LogP contribution in [0.1, 0.15) is 40.8 Å². The van der Waals surface area contributed by atoms with Crippen LogP contribution in [0.25, 0.3) is 16.0 Å². The fraction of sp³-hybridized carbons (Fsp3) is 0.207. The van der Waals surface area contributed by atoms with Gasteiger partial charge in [-0.1, -0.05) is 45.5 Å². The van der Waals surface area contributed by atoms with Crippen LogP contribution < -0.4 is 9.64 Å². The van der Waals surface area contributed by atoms with E-state index in [4.69, 9.17) is 9.72 Å².